The summed E-state index contributed by atoms with van der Waals surface area (Å²) in [7, 11) is 0. The molecule has 3 rings (SSSR count). The molecule has 0 amide bonds. The summed E-state index contributed by atoms with van der Waals surface area (Å²) < 4.78 is 11.0. The normalized spacial score (nSPS) is 16.9. The Labute approximate surface area is 152 Å². The SMILES string of the molecule is CC(C)COC(=O)Oc1ccc2nc(C3=NC(C(=O)O)CS3)sc2c1. The molecule has 1 aromatic carbocycles. The Kier molecular flexibility index (Phi) is 5.24. The van der Waals surface area contributed by atoms with E-state index < -0.39 is 18.2 Å². The van der Waals surface area contributed by atoms with Gasteiger partial charge in [0, 0.05) is 11.8 Å². The molecule has 1 aromatic heterocycles. The number of hydrogen-bond donors (Lipinski definition) is 1. The second kappa shape index (κ2) is 7.40. The quantitative estimate of drug-likeness (QED) is 0.627. The maximum Gasteiger partial charge on any atom is 0.513 e. The van der Waals surface area contributed by atoms with Crippen LogP contribution in [0.2, 0.25) is 0 Å². The molecule has 1 atom stereocenters. The highest BCUT2D eigenvalue weighted by atomic mass is 32.2. The van der Waals surface area contributed by atoms with E-state index >= 15 is 0 Å². The van der Waals surface area contributed by atoms with Crippen LogP contribution in [0.4, 0.5) is 4.79 Å². The largest absolute Gasteiger partial charge is 0.513 e. The lowest BCUT2D eigenvalue weighted by molar-refractivity contribution is -0.137. The standard InChI is InChI=1S/C16H16N2O5S2/c1-8(2)6-22-16(21)23-9-3-4-10-12(5-9)25-14(17-10)13-18-11(7-24-13)15(19)20/h3-5,8,11H,6-7H2,1-2H3,(H,19,20). The van der Waals surface area contributed by atoms with Crippen LogP contribution in [0.15, 0.2) is 23.2 Å². The van der Waals surface area contributed by atoms with Crippen molar-refractivity contribution in [3.63, 3.8) is 0 Å². The molecule has 1 aliphatic rings. The van der Waals surface area contributed by atoms with Crippen molar-refractivity contribution in [2.75, 3.05) is 12.4 Å². The molecule has 2 heterocycles. The fourth-order valence-electron chi connectivity index (χ4n) is 2.04. The molecule has 7 nitrogen and oxygen atoms in total. The minimum Gasteiger partial charge on any atom is -0.480 e. The number of aromatic nitrogens is 1. The first-order chi connectivity index (χ1) is 11.9. The number of carbonyl (C=O) groups is 2. The number of ether oxygens (including phenoxy) is 2. The monoisotopic (exact) mass is 380 g/mol. The lowest BCUT2D eigenvalue weighted by Gasteiger charge is -2.07. The fourth-order valence-corrected chi connectivity index (χ4v) is 4.13. The van der Waals surface area contributed by atoms with Gasteiger partial charge in [-0.05, 0) is 18.1 Å². The van der Waals surface area contributed by atoms with Crippen LogP contribution in [0.5, 0.6) is 5.75 Å². The lowest BCUT2D eigenvalue weighted by Crippen LogP contribution is -2.17. The Morgan fingerprint density at radius 1 is 1.40 bits per heavy atom. The Hall–Kier alpha value is -2.13. The number of benzene rings is 1. The first-order valence-electron chi connectivity index (χ1n) is 7.61. The second-order valence-electron chi connectivity index (χ2n) is 5.80. The molecule has 2 aromatic rings. The molecule has 1 aliphatic heterocycles. The van der Waals surface area contributed by atoms with Gasteiger partial charge in [0.15, 0.2) is 6.04 Å². The van der Waals surface area contributed by atoms with Gasteiger partial charge in [-0.2, -0.15) is 0 Å². The van der Waals surface area contributed by atoms with Crippen LogP contribution in [0, 0.1) is 5.92 Å². The highest BCUT2D eigenvalue weighted by molar-refractivity contribution is 8.15. The van der Waals surface area contributed by atoms with E-state index in [0.29, 0.717) is 28.2 Å². The third-order valence-corrected chi connectivity index (χ3v) is 5.42. The van der Waals surface area contributed by atoms with Gasteiger partial charge in [-0.25, -0.2) is 14.6 Å². The van der Waals surface area contributed by atoms with E-state index in [1.807, 2.05) is 13.8 Å². The maximum atomic E-state index is 11.6. The van der Waals surface area contributed by atoms with E-state index in [1.54, 1.807) is 18.2 Å². The van der Waals surface area contributed by atoms with Crippen LogP contribution in [0.25, 0.3) is 10.2 Å². The maximum absolute atomic E-state index is 11.6. The number of fused-ring (bicyclic) bond motifs is 1. The zero-order chi connectivity index (χ0) is 18.0. The van der Waals surface area contributed by atoms with Gasteiger partial charge in [-0.3, -0.25) is 4.99 Å². The van der Waals surface area contributed by atoms with Crippen molar-refractivity contribution in [1.29, 1.82) is 0 Å². The van der Waals surface area contributed by atoms with E-state index in [-0.39, 0.29) is 5.92 Å². The van der Waals surface area contributed by atoms with Crippen molar-refractivity contribution in [2.24, 2.45) is 10.9 Å². The van der Waals surface area contributed by atoms with Gasteiger partial charge in [0.2, 0.25) is 0 Å². The second-order valence-corrected chi connectivity index (χ2v) is 7.84. The molecule has 0 aliphatic carbocycles. The zero-order valence-corrected chi connectivity index (χ0v) is 15.2. The van der Waals surface area contributed by atoms with Gasteiger partial charge >= 0.3 is 12.1 Å². The highest BCUT2D eigenvalue weighted by Gasteiger charge is 2.26. The molecule has 0 saturated carbocycles. The predicted octanol–water partition coefficient (Wildman–Crippen LogP) is 3.41. The number of carboxylic acids is 1. The van der Waals surface area contributed by atoms with Crippen LogP contribution < -0.4 is 4.74 Å². The van der Waals surface area contributed by atoms with Crippen molar-refractivity contribution in [2.45, 2.75) is 19.9 Å². The van der Waals surface area contributed by atoms with Gasteiger partial charge in [0.05, 0.1) is 16.8 Å². The Morgan fingerprint density at radius 2 is 2.20 bits per heavy atom. The molecule has 0 saturated heterocycles. The van der Waals surface area contributed by atoms with Crippen molar-refractivity contribution in [1.82, 2.24) is 4.98 Å². The highest BCUT2D eigenvalue weighted by Crippen LogP contribution is 2.31. The Balaban J connectivity index is 1.75. The summed E-state index contributed by atoms with van der Waals surface area (Å²) in [5.41, 5.74) is 0.741. The van der Waals surface area contributed by atoms with Gasteiger partial charge in [0.25, 0.3) is 0 Å². The summed E-state index contributed by atoms with van der Waals surface area (Å²) in [6, 6.07) is 4.38. The van der Waals surface area contributed by atoms with Crippen molar-refractivity contribution in [3.8, 4) is 5.75 Å². The fraction of sp³-hybridized carbons (Fsp3) is 0.375. The number of aliphatic imine (C=N–C) groups is 1. The Bertz CT molecular complexity index is 846. The number of carboxylic acid groups (broad SMARTS) is 1. The molecule has 0 radical (unpaired) electrons. The zero-order valence-electron chi connectivity index (χ0n) is 13.6. The minimum absolute atomic E-state index is 0.235. The van der Waals surface area contributed by atoms with Crippen molar-refractivity contribution >= 4 is 50.5 Å². The topological polar surface area (TPSA) is 98.1 Å². The van der Waals surface area contributed by atoms with Crippen LogP contribution in [-0.4, -0.2) is 45.7 Å². The smallest absolute Gasteiger partial charge is 0.480 e. The molecule has 0 bridgehead atoms. The summed E-state index contributed by atoms with van der Waals surface area (Å²) >= 11 is 2.76. The molecule has 25 heavy (non-hydrogen) atoms. The van der Waals surface area contributed by atoms with Gasteiger partial charge in [-0.1, -0.05) is 13.8 Å². The minimum atomic E-state index is -0.931. The van der Waals surface area contributed by atoms with Crippen LogP contribution in [-0.2, 0) is 9.53 Å². The first kappa shape index (κ1) is 17.7. The van der Waals surface area contributed by atoms with Crippen molar-refractivity contribution < 1.29 is 24.2 Å². The summed E-state index contributed by atoms with van der Waals surface area (Å²) in [5.74, 6) is 0.0925. The van der Waals surface area contributed by atoms with E-state index in [0.717, 1.165) is 10.2 Å². The van der Waals surface area contributed by atoms with Crippen LogP contribution >= 0.6 is 23.1 Å². The van der Waals surface area contributed by atoms with E-state index in [2.05, 4.69) is 9.98 Å². The number of thioether (sulfide) groups is 1. The third-order valence-electron chi connectivity index (χ3n) is 3.21. The van der Waals surface area contributed by atoms with E-state index in [1.165, 1.54) is 23.1 Å². The summed E-state index contributed by atoms with van der Waals surface area (Å²) in [5, 5.41) is 10.3. The number of thiazole rings is 1. The number of aliphatic carboxylic acids is 1. The lowest BCUT2D eigenvalue weighted by atomic mass is 10.2. The number of rotatable bonds is 5. The molecule has 132 valence electrons. The number of carbonyl (C=O) groups excluding carboxylic acids is 1. The summed E-state index contributed by atoms with van der Waals surface area (Å²) in [6.45, 7) is 4.18. The number of hydrogen-bond acceptors (Lipinski definition) is 8. The molecule has 9 heteroatoms. The van der Waals surface area contributed by atoms with E-state index in [9.17, 15) is 9.59 Å². The molecule has 0 fully saturated rings. The third kappa shape index (κ3) is 4.29. The molecule has 0 spiro atoms. The number of nitrogens with zero attached hydrogens (tertiary/aromatic N) is 2. The van der Waals surface area contributed by atoms with Gasteiger partial charge < -0.3 is 14.6 Å². The van der Waals surface area contributed by atoms with Gasteiger partial charge in [0.1, 0.15) is 15.8 Å². The molecular weight excluding hydrogens is 364 g/mol. The summed E-state index contributed by atoms with van der Waals surface area (Å²) in [6.07, 6.45) is -0.738. The molecular formula is C16H16N2O5S2. The van der Waals surface area contributed by atoms with Gasteiger partial charge in [-0.15, -0.1) is 23.1 Å². The predicted molar refractivity (Wildman–Crippen MR) is 96.9 cm³/mol. The molecule has 1 unspecified atom stereocenters. The average Bonchev–Trinajstić information content (AvgIpc) is 3.19. The average molecular weight is 380 g/mol. The van der Waals surface area contributed by atoms with Crippen LogP contribution in [0.3, 0.4) is 0 Å². The van der Waals surface area contributed by atoms with Crippen LogP contribution in [0.1, 0.15) is 18.9 Å². The summed E-state index contributed by atoms with van der Waals surface area (Å²) in [4.78, 5) is 31.3. The van der Waals surface area contributed by atoms with E-state index in [4.69, 9.17) is 14.6 Å². The first-order valence-corrected chi connectivity index (χ1v) is 9.41. The Morgan fingerprint density at radius 3 is 2.88 bits per heavy atom. The van der Waals surface area contributed by atoms with Crippen molar-refractivity contribution in [3.05, 3.63) is 23.2 Å². The molecule has 1 N–H and O–H groups in total.